The van der Waals surface area contributed by atoms with Gasteiger partial charge in [-0.2, -0.15) is 5.26 Å². The Labute approximate surface area is 202 Å². The molecular weight excluding hydrogens is 446 g/mol. The lowest BCUT2D eigenvalue weighted by atomic mass is 10.1. The molecule has 1 fully saturated rings. The summed E-state index contributed by atoms with van der Waals surface area (Å²) in [5, 5.41) is 11.9. The SMILES string of the molecule is N#Cc1ccc(C(=O)N2CCN(c3ncccc3C(=O)NCc3ccc4c(c3)OCO4)CC2)cc1. The first-order chi connectivity index (χ1) is 17.1. The van der Waals surface area contributed by atoms with Gasteiger partial charge in [0.1, 0.15) is 5.82 Å². The van der Waals surface area contributed by atoms with E-state index in [9.17, 15) is 9.59 Å². The number of amides is 2. The fourth-order valence-electron chi connectivity index (χ4n) is 4.15. The molecule has 0 saturated carbocycles. The molecule has 0 aliphatic carbocycles. The Balaban J connectivity index is 1.21. The van der Waals surface area contributed by atoms with E-state index in [4.69, 9.17) is 14.7 Å². The third-order valence-corrected chi connectivity index (χ3v) is 6.05. The number of hydrogen-bond acceptors (Lipinski definition) is 7. The minimum Gasteiger partial charge on any atom is -0.454 e. The highest BCUT2D eigenvalue weighted by molar-refractivity contribution is 5.99. The van der Waals surface area contributed by atoms with Crippen LogP contribution >= 0.6 is 0 Å². The van der Waals surface area contributed by atoms with Crippen LogP contribution in [0.3, 0.4) is 0 Å². The lowest BCUT2D eigenvalue weighted by Crippen LogP contribution is -2.49. The van der Waals surface area contributed by atoms with Crippen LogP contribution < -0.4 is 19.7 Å². The lowest BCUT2D eigenvalue weighted by molar-refractivity contribution is 0.0745. The molecule has 1 aromatic heterocycles. The fraction of sp³-hybridized carbons (Fsp3) is 0.231. The maximum Gasteiger partial charge on any atom is 0.255 e. The maximum absolute atomic E-state index is 13.0. The van der Waals surface area contributed by atoms with Gasteiger partial charge in [-0.1, -0.05) is 6.07 Å². The molecule has 1 N–H and O–H groups in total. The normalized spacial score (nSPS) is 14.4. The molecule has 0 radical (unpaired) electrons. The highest BCUT2D eigenvalue weighted by Gasteiger charge is 2.25. The summed E-state index contributed by atoms with van der Waals surface area (Å²) in [6.07, 6.45) is 1.66. The topological polar surface area (TPSA) is 108 Å². The highest BCUT2D eigenvalue weighted by atomic mass is 16.7. The van der Waals surface area contributed by atoms with E-state index in [0.717, 1.165) is 5.56 Å². The number of aromatic nitrogens is 1. The summed E-state index contributed by atoms with van der Waals surface area (Å²) >= 11 is 0. The summed E-state index contributed by atoms with van der Waals surface area (Å²) in [6, 6.07) is 17.8. The number of anilines is 1. The molecule has 9 heteroatoms. The number of ether oxygens (including phenoxy) is 2. The van der Waals surface area contributed by atoms with Crippen molar-refractivity contribution in [2.24, 2.45) is 0 Å². The number of nitrogens with one attached hydrogen (secondary N) is 1. The van der Waals surface area contributed by atoms with Crippen LogP contribution in [0.2, 0.25) is 0 Å². The van der Waals surface area contributed by atoms with Crippen LogP contribution in [0.25, 0.3) is 0 Å². The predicted molar refractivity (Wildman–Crippen MR) is 127 cm³/mol. The summed E-state index contributed by atoms with van der Waals surface area (Å²) < 4.78 is 10.7. The van der Waals surface area contributed by atoms with Crippen LogP contribution in [0.15, 0.2) is 60.8 Å². The van der Waals surface area contributed by atoms with Gasteiger partial charge in [0.25, 0.3) is 11.8 Å². The Kier molecular flexibility index (Phi) is 6.18. The van der Waals surface area contributed by atoms with Crippen molar-refractivity contribution in [1.29, 1.82) is 5.26 Å². The molecule has 1 saturated heterocycles. The molecule has 0 bridgehead atoms. The van der Waals surface area contributed by atoms with Gasteiger partial charge in [-0.3, -0.25) is 9.59 Å². The summed E-state index contributed by atoms with van der Waals surface area (Å²) in [7, 11) is 0. The van der Waals surface area contributed by atoms with Crippen LogP contribution in [0, 0.1) is 11.3 Å². The molecule has 2 amide bonds. The number of carbonyl (C=O) groups is 2. The third-order valence-electron chi connectivity index (χ3n) is 6.05. The zero-order valence-electron chi connectivity index (χ0n) is 18.9. The number of fused-ring (bicyclic) bond motifs is 1. The van der Waals surface area contributed by atoms with E-state index < -0.39 is 0 Å². The van der Waals surface area contributed by atoms with Crippen LogP contribution in [-0.4, -0.2) is 54.7 Å². The van der Waals surface area contributed by atoms with Gasteiger partial charge in [0.2, 0.25) is 6.79 Å². The van der Waals surface area contributed by atoms with Gasteiger partial charge < -0.3 is 24.6 Å². The number of hydrogen-bond donors (Lipinski definition) is 1. The van der Waals surface area contributed by atoms with Crippen molar-refractivity contribution in [2.75, 3.05) is 37.9 Å². The fourth-order valence-corrected chi connectivity index (χ4v) is 4.15. The first kappa shape index (κ1) is 22.2. The maximum atomic E-state index is 13.0. The van der Waals surface area contributed by atoms with Gasteiger partial charge in [0.05, 0.1) is 17.2 Å². The number of nitriles is 1. The third kappa shape index (κ3) is 4.73. The summed E-state index contributed by atoms with van der Waals surface area (Å²) in [5.74, 6) is 1.68. The van der Waals surface area contributed by atoms with Crippen LogP contribution in [-0.2, 0) is 6.54 Å². The predicted octanol–water partition coefficient (Wildman–Crippen LogP) is 2.57. The first-order valence-corrected chi connectivity index (χ1v) is 11.3. The minimum atomic E-state index is -0.221. The molecule has 2 aromatic carbocycles. The van der Waals surface area contributed by atoms with E-state index in [-0.39, 0.29) is 18.6 Å². The smallest absolute Gasteiger partial charge is 0.255 e. The minimum absolute atomic E-state index is 0.0724. The second kappa shape index (κ2) is 9.73. The van der Waals surface area contributed by atoms with Gasteiger partial charge in [-0.05, 0) is 54.1 Å². The lowest BCUT2D eigenvalue weighted by Gasteiger charge is -2.36. The van der Waals surface area contributed by atoms with E-state index in [0.29, 0.717) is 66.7 Å². The van der Waals surface area contributed by atoms with Gasteiger partial charge >= 0.3 is 0 Å². The summed E-state index contributed by atoms with van der Waals surface area (Å²) in [5.41, 5.74) is 2.47. The second-order valence-corrected chi connectivity index (χ2v) is 8.21. The molecule has 9 nitrogen and oxygen atoms in total. The van der Waals surface area contributed by atoms with Gasteiger partial charge in [0, 0.05) is 44.5 Å². The van der Waals surface area contributed by atoms with Gasteiger partial charge in [-0.15, -0.1) is 0 Å². The number of piperazine rings is 1. The molecule has 3 aromatic rings. The molecule has 176 valence electrons. The van der Waals surface area contributed by atoms with Crippen molar-refractivity contribution in [3.63, 3.8) is 0 Å². The number of pyridine rings is 1. The molecule has 0 unspecified atom stereocenters. The molecule has 2 aliphatic rings. The molecule has 2 aliphatic heterocycles. The molecule has 5 rings (SSSR count). The number of nitrogens with zero attached hydrogens (tertiary/aromatic N) is 4. The average molecular weight is 470 g/mol. The number of carbonyl (C=O) groups excluding carboxylic acids is 2. The first-order valence-electron chi connectivity index (χ1n) is 11.3. The van der Waals surface area contributed by atoms with E-state index in [1.807, 2.05) is 23.1 Å². The van der Waals surface area contributed by atoms with E-state index >= 15 is 0 Å². The Morgan fingerprint density at radius 3 is 2.54 bits per heavy atom. The second-order valence-electron chi connectivity index (χ2n) is 8.21. The average Bonchev–Trinajstić information content (AvgIpc) is 3.39. The van der Waals surface area contributed by atoms with Crippen LogP contribution in [0.1, 0.15) is 31.8 Å². The molecule has 35 heavy (non-hydrogen) atoms. The Morgan fingerprint density at radius 2 is 1.77 bits per heavy atom. The number of benzene rings is 2. The van der Waals surface area contributed by atoms with Gasteiger partial charge in [-0.25, -0.2) is 4.98 Å². The van der Waals surface area contributed by atoms with Crippen molar-refractivity contribution in [3.05, 3.63) is 83.0 Å². The molecule has 0 atom stereocenters. The zero-order valence-corrected chi connectivity index (χ0v) is 18.9. The molecular formula is C26H23N5O4. The largest absolute Gasteiger partial charge is 0.454 e. The van der Waals surface area contributed by atoms with Crippen LogP contribution in [0.5, 0.6) is 11.5 Å². The van der Waals surface area contributed by atoms with Crippen molar-refractivity contribution < 1.29 is 19.1 Å². The van der Waals surface area contributed by atoms with E-state index in [1.165, 1.54) is 0 Å². The monoisotopic (exact) mass is 469 g/mol. The number of rotatable bonds is 5. The van der Waals surface area contributed by atoms with Gasteiger partial charge in [0.15, 0.2) is 11.5 Å². The standard InChI is InChI=1S/C26H23N5O4/c27-15-18-3-6-20(7-4-18)26(33)31-12-10-30(11-13-31)24-21(2-1-9-28-24)25(32)29-16-19-5-8-22-23(14-19)35-17-34-22/h1-9,14H,10-13,16-17H2,(H,29,32). The Hall–Kier alpha value is -4.58. The van der Waals surface area contributed by atoms with Crippen LogP contribution in [0.4, 0.5) is 5.82 Å². The Morgan fingerprint density at radius 1 is 1.00 bits per heavy atom. The molecule has 0 spiro atoms. The van der Waals surface area contributed by atoms with Crippen molar-refractivity contribution in [2.45, 2.75) is 6.54 Å². The molecule has 3 heterocycles. The zero-order chi connectivity index (χ0) is 24.2. The van der Waals surface area contributed by atoms with Crippen molar-refractivity contribution in [1.82, 2.24) is 15.2 Å². The summed E-state index contributed by atoms with van der Waals surface area (Å²) in [4.78, 5) is 34.1. The quantitative estimate of drug-likeness (QED) is 0.612. The van der Waals surface area contributed by atoms with Crippen molar-refractivity contribution >= 4 is 17.6 Å². The Bertz CT molecular complexity index is 1290. The highest BCUT2D eigenvalue weighted by Crippen LogP contribution is 2.32. The van der Waals surface area contributed by atoms with Crippen molar-refractivity contribution in [3.8, 4) is 17.6 Å². The van der Waals surface area contributed by atoms with E-state index in [2.05, 4.69) is 16.4 Å². The summed E-state index contributed by atoms with van der Waals surface area (Å²) in [6.45, 7) is 2.68. The van der Waals surface area contributed by atoms with E-state index in [1.54, 1.807) is 47.5 Å².